The van der Waals surface area contributed by atoms with Crippen LogP contribution in [0.25, 0.3) is 0 Å². The molecule has 4 nitrogen and oxygen atoms in total. The van der Waals surface area contributed by atoms with Crippen LogP contribution in [0.15, 0.2) is 10.7 Å². The van der Waals surface area contributed by atoms with Gasteiger partial charge in [0.05, 0.1) is 5.69 Å². The third kappa shape index (κ3) is 3.23. The lowest BCUT2D eigenvalue weighted by atomic mass is 10.3. The Hall–Kier alpha value is -1.03. The Labute approximate surface area is 96.4 Å². The van der Waals surface area contributed by atoms with E-state index in [1.54, 1.807) is 6.26 Å². The van der Waals surface area contributed by atoms with Gasteiger partial charge in [-0.05, 0) is 25.7 Å². The Balaban J connectivity index is 1.81. The van der Waals surface area contributed by atoms with Crippen LogP contribution in [0, 0.1) is 0 Å². The fourth-order valence-electron chi connectivity index (χ4n) is 1.88. The summed E-state index contributed by atoms with van der Waals surface area (Å²) < 4.78 is 10.9. The van der Waals surface area contributed by atoms with Crippen LogP contribution in [0.4, 0.5) is 0 Å². The quantitative estimate of drug-likeness (QED) is 0.834. The van der Waals surface area contributed by atoms with Crippen molar-refractivity contribution >= 4 is 0 Å². The maximum Gasteiger partial charge on any atom is 0.394 e. The van der Waals surface area contributed by atoms with Crippen LogP contribution >= 0.6 is 0 Å². The van der Waals surface area contributed by atoms with Crippen LogP contribution in [0.3, 0.4) is 0 Å². The summed E-state index contributed by atoms with van der Waals surface area (Å²) in [5.74, 6) is 0. The van der Waals surface area contributed by atoms with Gasteiger partial charge in [0.15, 0.2) is 0 Å². The Kier molecular flexibility index (Phi) is 3.83. The number of hydrogen-bond donors (Lipinski definition) is 1. The summed E-state index contributed by atoms with van der Waals surface area (Å²) in [5, 5.41) is 3.29. The maximum absolute atomic E-state index is 5.66. The van der Waals surface area contributed by atoms with E-state index >= 15 is 0 Å². The minimum Gasteiger partial charge on any atom is -0.447 e. The largest absolute Gasteiger partial charge is 0.447 e. The van der Waals surface area contributed by atoms with Gasteiger partial charge in [0.2, 0.25) is 0 Å². The van der Waals surface area contributed by atoms with Crippen molar-refractivity contribution in [1.82, 2.24) is 10.3 Å². The second kappa shape index (κ2) is 5.34. The van der Waals surface area contributed by atoms with E-state index in [0.29, 0.717) is 18.2 Å². The van der Waals surface area contributed by atoms with Gasteiger partial charge in [-0.2, -0.15) is 4.98 Å². The second-order valence-corrected chi connectivity index (χ2v) is 4.66. The molecule has 16 heavy (non-hydrogen) atoms. The lowest BCUT2D eigenvalue weighted by Gasteiger charge is -2.07. The lowest BCUT2D eigenvalue weighted by molar-refractivity contribution is 0.152. The van der Waals surface area contributed by atoms with E-state index in [1.807, 2.05) is 0 Å². The molecule has 2 rings (SSSR count). The molecule has 1 saturated carbocycles. The minimum atomic E-state index is 0.310. The molecule has 0 bridgehead atoms. The van der Waals surface area contributed by atoms with E-state index in [1.165, 1.54) is 12.8 Å². The molecule has 1 N–H and O–H groups in total. The van der Waals surface area contributed by atoms with E-state index in [9.17, 15) is 0 Å². The summed E-state index contributed by atoms with van der Waals surface area (Å²) in [6, 6.07) is 0.455. The summed E-state index contributed by atoms with van der Waals surface area (Å²) in [7, 11) is 0. The molecule has 0 radical (unpaired) electrons. The average Bonchev–Trinajstić information content (AvgIpc) is 2.87. The van der Waals surface area contributed by atoms with E-state index < -0.39 is 0 Å². The van der Waals surface area contributed by atoms with E-state index in [0.717, 1.165) is 25.1 Å². The number of aromatic nitrogens is 1. The molecule has 90 valence electrons. The normalized spacial score (nSPS) is 17.2. The first-order valence-corrected chi connectivity index (χ1v) is 6.08. The first kappa shape index (κ1) is 11.5. The van der Waals surface area contributed by atoms with Gasteiger partial charge < -0.3 is 14.5 Å². The second-order valence-electron chi connectivity index (χ2n) is 4.66. The zero-order valence-electron chi connectivity index (χ0n) is 10.0. The average molecular weight is 224 g/mol. The van der Waals surface area contributed by atoms with Crippen molar-refractivity contribution in [2.75, 3.05) is 0 Å². The number of ether oxygens (including phenoxy) is 1. The molecule has 0 spiro atoms. The minimum absolute atomic E-state index is 0.310. The van der Waals surface area contributed by atoms with Gasteiger partial charge >= 0.3 is 6.08 Å². The highest BCUT2D eigenvalue weighted by Gasteiger charge is 2.18. The first-order chi connectivity index (χ1) is 7.74. The van der Waals surface area contributed by atoms with Crippen LogP contribution in [-0.2, 0) is 6.54 Å². The van der Waals surface area contributed by atoms with Gasteiger partial charge in [0.25, 0.3) is 0 Å². The Morgan fingerprint density at radius 3 is 2.94 bits per heavy atom. The van der Waals surface area contributed by atoms with E-state index in [-0.39, 0.29) is 0 Å². The summed E-state index contributed by atoms with van der Waals surface area (Å²) in [5.41, 5.74) is 0.904. The standard InChI is InChI=1S/C12H20N2O2/c1-9(2)13-7-10-8-15-12(14-10)16-11-5-3-4-6-11/h8-9,11,13H,3-7H2,1-2H3. The molecule has 1 aliphatic carbocycles. The third-order valence-electron chi connectivity index (χ3n) is 2.79. The fraction of sp³-hybridized carbons (Fsp3) is 0.750. The van der Waals surface area contributed by atoms with Crippen LogP contribution in [-0.4, -0.2) is 17.1 Å². The maximum atomic E-state index is 5.66. The molecule has 0 amide bonds. The number of hydrogen-bond acceptors (Lipinski definition) is 4. The zero-order valence-corrected chi connectivity index (χ0v) is 10.0. The lowest BCUT2D eigenvalue weighted by Crippen LogP contribution is -2.22. The molecule has 0 saturated heterocycles. The van der Waals surface area contributed by atoms with Gasteiger partial charge in [0, 0.05) is 12.6 Å². The summed E-state index contributed by atoms with van der Waals surface area (Å²) in [6.45, 7) is 4.95. The molecule has 4 heteroatoms. The van der Waals surface area contributed by atoms with Crippen LogP contribution in [0.1, 0.15) is 45.2 Å². The zero-order chi connectivity index (χ0) is 11.4. The molecule has 0 unspecified atom stereocenters. The molecule has 1 heterocycles. The predicted molar refractivity (Wildman–Crippen MR) is 61.4 cm³/mol. The number of nitrogens with one attached hydrogen (secondary N) is 1. The summed E-state index contributed by atoms with van der Waals surface area (Å²) >= 11 is 0. The summed E-state index contributed by atoms with van der Waals surface area (Å²) in [4.78, 5) is 4.29. The Morgan fingerprint density at radius 1 is 1.50 bits per heavy atom. The van der Waals surface area contributed by atoms with Crippen molar-refractivity contribution in [1.29, 1.82) is 0 Å². The van der Waals surface area contributed by atoms with Crippen molar-refractivity contribution in [2.45, 2.75) is 58.2 Å². The fourth-order valence-corrected chi connectivity index (χ4v) is 1.88. The van der Waals surface area contributed by atoms with Crippen molar-refractivity contribution in [3.05, 3.63) is 12.0 Å². The number of nitrogens with zero attached hydrogens (tertiary/aromatic N) is 1. The Bertz CT molecular complexity index is 317. The van der Waals surface area contributed by atoms with Crippen LogP contribution in [0.5, 0.6) is 6.08 Å². The van der Waals surface area contributed by atoms with Gasteiger partial charge in [-0.15, -0.1) is 0 Å². The predicted octanol–water partition coefficient (Wildman–Crippen LogP) is 2.49. The molecule has 0 aromatic carbocycles. The van der Waals surface area contributed by atoms with Crippen molar-refractivity contribution in [3.8, 4) is 6.08 Å². The smallest absolute Gasteiger partial charge is 0.394 e. The monoisotopic (exact) mass is 224 g/mol. The van der Waals surface area contributed by atoms with Gasteiger partial charge in [-0.1, -0.05) is 13.8 Å². The van der Waals surface area contributed by atoms with E-state index in [2.05, 4.69) is 24.1 Å². The van der Waals surface area contributed by atoms with Gasteiger partial charge in [0.1, 0.15) is 12.4 Å². The van der Waals surface area contributed by atoms with E-state index in [4.69, 9.17) is 9.15 Å². The SMILES string of the molecule is CC(C)NCc1coc(OC2CCCC2)n1. The highest BCUT2D eigenvalue weighted by molar-refractivity contribution is 5.00. The topological polar surface area (TPSA) is 47.3 Å². The third-order valence-corrected chi connectivity index (χ3v) is 2.79. The molecule has 1 aliphatic rings. The number of oxazole rings is 1. The first-order valence-electron chi connectivity index (χ1n) is 6.08. The Morgan fingerprint density at radius 2 is 2.25 bits per heavy atom. The molecule has 0 atom stereocenters. The number of rotatable bonds is 5. The summed E-state index contributed by atoms with van der Waals surface area (Å²) in [6.07, 6.45) is 7.17. The van der Waals surface area contributed by atoms with Crippen molar-refractivity contribution in [2.24, 2.45) is 0 Å². The van der Waals surface area contributed by atoms with Gasteiger partial charge in [-0.25, -0.2) is 0 Å². The van der Waals surface area contributed by atoms with Crippen LogP contribution < -0.4 is 10.1 Å². The highest BCUT2D eigenvalue weighted by Crippen LogP contribution is 2.23. The molecule has 1 fully saturated rings. The molecule has 1 aromatic heterocycles. The molecular formula is C12H20N2O2. The highest BCUT2D eigenvalue weighted by atomic mass is 16.6. The van der Waals surface area contributed by atoms with Crippen molar-refractivity contribution in [3.63, 3.8) is 0 Å². The molecule has 1 aromatic rings. The van der Waals surface area contributed by atoms with Crippen LogP contribution in [0.2, 0.25) is 0 Å². The molecular weight excluding hydrogens is 204 g/mol. The van der Waals surface area contributed by atoms with Crippen molar-refractivity contribution < 1.29 is 9.15 Å². The molecule has 0 aliphatic heterocycles. The van der Waals surface area contributed by atoms with Gasteiger partial charge in [-0.3, -0.25) is 0 Å².